The van der Waals surface area contributed by atoms with Crippen LogP contribution in [0.5, 0.6) is 0 Å². The molecule has 0 spiro atoms. The molecule has 1 amide bonds. The van der Waals surface area contributed by atoms with Crippen molar-refractivity contribution in [3.63, 3.8) is 0 Å². The summed E-state index contributed by atoms with van der Waals surface area (Å²) >= 11 is 7.70. The van der Waals surface area contributed by atoms with Crippen molar-refractivity contribution in [1.29, 1.82) is 0 Å². The first kappa shape index (κ1) is 22.9. The molecule has 4 heterocycles. The van der Waals surface area contributed by atoms with Gasteiger partial charge in [0.25, 0.3) is 5.92 Å². The number of hydrogen-bond acceptors (Lipinski definition) is 6. The monoisotopic (exact) mass is 502 g/mol. The van der Waals surface area contributed by atoms with Gasteiger partial charge in [0.15, 0.2) is 5.82 Å². The van der Waals surface area contributed by atoms with E-state index in [9.17, 15) is 13.6 Å². The number of amides is 1. The molecule has 2 aromatic heterocycles. The van der Waals surface area contributed by atoms with Crippen molar-refractivity contribution in [2.45, 2.75) is 30.6 Å². The molecule has 3 aromatic rings. The number of alkyl halides is 2. The van der Waals surface area contributed by atoms with E-state index in [1.807, 2.05) is 24.3 Å². The first-order chi connectivity index (χ1) is 16.3. The fourth-order valence-electron chi connectivity index (χ4n) is 4.40. The van der Waals surface area contributed by atoms with Gasteiger partial charge in [-0.3, -0.25) is 14.8 Å². The second kappa shape index (κ2) is 9.09. The maximum absolute atomic E-state index is 13.9. The number of H-pyrrole nitrogens is 1. The molecule has 2 aliphatic heterocycles. The highest BCUT2D eigenvalue weighted by Gasteiger charge is 2.49. The Morgan fingerprint density at radius 3 is 2.68 bits per heavy atom. The van der Waals surface area contributed by atoms with Crippen LogP contribution in [0.15, 0.2) is 54.5 Å². The molecule has 5 rings (SSSR count). The Kier molecular flexibility index (Phi) is 6.13. The van der Waals surface area contributed by atoms with Crippen LogP contribution in [0.4, 0.5) is 14.6 Å². The number of aromatic amines is 1. The molecule has 0 radical (unpaired) electrons. The van der Waals surface area contributed by atoms with Gasteiger partial charge in [0, 0.05) is 23.4 Å². The summed E-state index contributed by atoms with van der Waals surface area (Å²) in [7, 11) is 0. The van der Waals surface area contributed by atoms with Crippen molar-refractivity contribution in [1.82, 2.24) is 25.1 Å². The highest BCUT2D eigenvalue weighted by Crippen LogP contribution is 2.56. The van der Waals surface area contributed by atoms with E-state index in [0.717, 1.165) is 21.6 Å². The smallest absolute Gasteiger partial charge is 0.273 e. The number of pyridine rings is 1. The summed E-state index contributed by atoms with van der Waals surface area (Å²) in [6, 6.07) is 10.7. The number of benzene rings is 1. The molecule has 0 bridgehead atoms. The Labute approximate surface area is 204 Å². The van der Waals surface area contributed by atoms with Crippen LogP contribution in [-0.2, 0) is 4.79 Å². The third kappa shape index (κ3) is 4.70. The van der Waals surface area contributed by atoms with Gasteiger partial charge < -0.3 is 5.32 Å². The van der Waals surface area contributed by atoms with E-state index in [1.54, 1.807) is 35.0 Å². The van der Waals surface area contributed by atoms with Crippen molar-refractivity contribution in [3.8, 4) is 0 Å². The molecule has 2 aliphatic rings. The number of nitrogens with zero attached hydrogens (tertiary/aromatic N) is 4. The second-order valence-electron chi connectivity index (χ2n) is 8.37. The number of halogens is 3. The lowest BCUT2D eigenvalue weighted by molar-refractivity contribution is -0.142. The number of hydrogen-bond donors (Lipinski definition) is 2. The minimum Gasteiger partial charge on any atom is -0.311 e. The normalized spacial score (nSPS) is 20.8. The van der Waals surface area contributed by atoms with E-state index in [2.05, 4.69) is 25.5 Å². The molecule has 2 atom stereocenters. The van der Waals surface area contributed by atoms with E-state index in [1.165, 1.54) is 13.3 Å². The lowest BCUT2D eigenvalue weighted by Gasteiger charge is -2.45. The highest BCUT2D eigenvalue weighted by atomic mass is 35.5. The van der Waals surface area contributed by atoms with Gasteiger partial charge in [-0.25, -0.2) is 18.7 Å². The second-order valence-corrected chi connectivity index (χ2v) is 10.0. The largest absolute Gasteiger partial charge is 0.311 e. The molecular formula is C23H21ClF2N6OS. The summed E-state index contributed by atoms with van der Waals surface area (Å²) in [6.45, 7) is 0.801. The van der Waals surface area contributed by atoms with Crippen LogP contribution in [-0.4, -0.2) is 50.0 Å². The van der Waals surface area contributed by atoms with Crippen molar-refractivity contribution >= 4 is 40.0 Å². The molecular weight excluding hydrogens is 482 g/mol. The minimum absolute atomic E-state index is 0.0119. The van der Waals surface area contributed by atoms with E-state index in [0.29, 0.717) is 23.1 Å². The predicted octanol–water partition coefficient (Wildman–Crippen LogP) is 5.09. The Morgan fingerprint density at radius 1 is 1.26 bits per heavy atom. The molecule has 2 N–H and O–H groups in total. The summed E-state index contributed by atoms with van der Waals surface area (Å²) in [5.74, 6) is -1.84. The molecule has 11 heteroatoms. The number of thioether (sulfide) groups is 1. The molecule has 34 heavy (non-hydrogen) atoms. The fourth-order valence-corrected chi connectivity index (χ4v) is 5.91. The van der Waals surface area contributed by atoms with Crippen molar-refractivity contribution in [2.75, 3.05) is 18.4 Å². The standard InChI is InChI=1S/C23H21ClF2N6OS/c1-13(33)30-19-8-15(6-7-27-19)18-9-17(21(34-18)22-28-12-29-31-22)20(32-10-23(25,26)11-32)14-2-4-16(24)5-3-14/h2-8,12,18,20H,9-11H2,1H3,(H,27,30,33)(H,28,29,31). The molecule has 1 saturated heterocycles. The third-order valence-electron chi connectivity index (χ3n) is 5.80. The molecule has 176 valence electrons. The van der Waals surface area contributed by atoms with Crippen molar-refractivity contribution in [3.05, 3.63) is 76.5 Å². The maximum atomic E-state index is 13.9. The molecule has 1 aromatic carbocycles. The molecule has 2 unspecified atom stereocenters. The number of carbonyl (C=O) groups is 1. The lowest BCUT2D eigenvalue weighted by atomic mass is 9.89. The Morgan fingerprint density at radius 2 is 2.03 bits per heavy atom. The number of nitrogens with one attached hydrogen (secondary N) is 2. The molecule has 1 fully saturated rings. The Bertz CT molecular complexity index is 1230. The Hall–Kier alpha value is -2.82. The molecule has 0 aliphatic carbocycles. The van der Waals surface area contributed by atoms with Crippen LogP contribution in [0.3, 0.4) is 0 Å². The fraction of sp³-hybridized carbons (Fsp3) is 0.304. The van der Waals surface area contributed by atoms with E-state index in [-0.39, 0.29) is 30.3 Å². The zero-order chi connectivity index (χ0) is 23.9. The molecule has 7 nitrogen and oxygen atoms in total. The SMILES string of the molecule is CC(=O)Nc1cc(C2CC(C(c3ccc(Cl)cc3)N3CC(F)(F)C3)=C(c3ncn[nH]3)S2)ccn1. The summed E-state index contributed by atoms with van der Waals surface area (Å²) in [5.41, 5.74) is 2.85. The average molecular weight is 503 g/mol. The van der Waals surface area contributed by atoms with Crippen LogP contribution in [0.1, 0.15) is 41.6 Å². The van der Waals surface area contributed by atoms with E-state index < -0.39 is 5.92 Å². The zero-order valence-electron chi connectivity index (χ0n) is 18.1. The summed E-state index contributed by atoms with van der Waals surface area (Å²) in [4.78, 5) is 22.7. The van der Waals surface area contributed by atoms with Crippen LogP contribution in [0.2, 0.25) is 5.02 Å². The summed E-state index contributed by atoms with van der Waals surface area (Å²) < 4.78 is 27.8. The number of aromatic nitrogens is 4. The van der Waals surface area contributed by atoms with Crippen LogP contribution >= 0.6 is 23.4 Å². The zero-order valence-corrected chi connectivity index (χ0v) is 19.7. The van der Waals surface area contributed by atoms with Gasteiger partial charge >= 0.3 is 0 Å². The van der Waals surface area contributed by atoms with Crippen LogP contribution in [0, 0.1) is 0 Å². The van der Waals surface area contributed by atoms with Gasteiger partial charge in [-0.15, -0.1) is 11.8 Å². The van der Waals surface area contributed by atoms with Gasteiger partial charge in [-0.1, -0.05) is 23.7 Å². The van der Waals surface area contributed by atoms with E-state index >= 15 is 0 Å². The van der Waals surface area contributed by atoms with Gasteiger partial charge in [0.2, 0.25) is 5.91 Å². The van der Waals surface area contributed by atoms with Gasteiger partial charge in [-0.05, 0) is 47.4 Å². The summed E-state index contributed by atoms with van der Waals surface area (Å²) in [5, 5.41) is 10.2. The first-order valence-corrected chi connectivity index (χ1v) is 11.9. The predicted molar refractivity (Wildman–Crippen MR) is 128 cm³/mol. The minimum atomic E-state index is -2.71. The number of carbonyl (C=O) groups excluding carboxylic acids is 1. The van der Waals surface area contributed by atoms with Crippen LogP contribution < -0.4 is 5.32 Å². The van der Waals surface area contributed by atoms with Crippen molar-refractivity contribution < 1.29 is 13.6 Å². The number of likely N-dealkylation sites (tertiary alicyclic amines) is 1. The number of rotatable bonds is 6. The first-order valence-electron chi connectivity index (χ1n) is 10.7. The van der Waals surface area contributed by atoms with E-state index in [4.69, 9.17) is 11.6 Å². The topological polar surface area (TPSA) is 86.8 Å². The molecule has 0 saturated carbocycles. The third-order valence-corrected chi connectivity index (χ3v) is 7.46. The summed E-state index contributed by atoms with van der Waals surface area (Å²) in [6.07, 6.45) is 3.70. The van der Waals surface area contributed by atoms with Gasteiger partial charge in [-0.2, -0.15) is 5.10 Å². The average Bonchev–Trinajstić information content (AvgIpc) is 3.44. The van der Waals surface area contributed by atoms with Gasteiger partial charge in [0.05, 0.1) is 24.0 Å². The highest BCUT2D eigenvalue weighted by molar-refractivity contribution is 8.08. The van der Waals surface area contributed by atoms with Crippen molar-refractivity contribution in [2.24, 2.45) is 0 Å². The van der Waals surface area contributed by atoms with Gasteiger partial charge in [0.1, 0.15) is 12.1 Å². The lowest BCUT2D eigenvalue weighted by Crippen LogP contribution is -2.57. The van der Waals surface area contributed by atoms with Crippen LogP contribution in [0.25, 0.3) is 4.91 Å². The number of anilines is 1. The Balaban J connectivity index is 1.53. The maximum Gasteiger partial charge on any atom is 0.273 e. The quantitative estimate of drug-likeness (QED) is 0.488.